The van der Waals surface area contributed by atoms with E-state index in [1.54, 1.807) is 0 Å². The van der Waals surface area contributed by atoms with E-state index in [2.05, 4.69) is 49.9 Å². The van der Waals surface area contributed by atoms with Crippen LogP contribution in [-0.2, 0) is 4.74 Å². The van der Waals surface area contributed by atoms with Crippen LogP contribution < -0.4 is 4.90 Å². The fourth-order valence-corrected chi connectivity index (χ4v) is 4.74. The molecule has 4 heteroatoms. The van der Waals surface area contributed by atoms with Crippen molar-refractivity contribution in [2.24, 2.45) is 11.3 Å². The highest BCUT2D eigenvalue weighted by Gasteiger charge is 2.32. The van der Waals surface area contributed by atoms with Crippen LogP contribution in [0.1, 0.15) is 64.9 Å². The Bertz CT molecular complexity index is 622. The molecule has 3 rings (SSSR count). The molecule has 1 aromatic carbocycles. The molecular weight excluding hydrogens is 336 g/mol. The number of ether oxygens (including phenoxy) is 1. The number of anilines is 1. The first-order valence-electron chi connectivity index (χ1n) is 10.7. The first-order valence-corrected chi connectivity index (χ1v) is 10.7. The molecule has 0 atom stereocenters. The van der Waals surface area contributed by atoms with Crippen LogP contribution >= 0.6 is 0 Å². The van der Waals surface area contributed by atoms with Crippen molar-refractivity contribution in [2.45, 2.75) is 59.3 Å². The number of hydrogen-bond acceptors (Lipinski definition) is 3. The summed E-state index contributed by atoms with van der Waals surface area (Å²) in [6.07, 6.45) is 5.08. The lowest BCUT2D eigenvalue weighted by Crippen LogP contribution is -2.49. The topological polar surface area (TPSA) is 32.8 Å². The lowest BCUT2D eigenvalue weighted by atomic mass is 9.68. The van der Waals surface area contributed by atoms with Gasteiger partial charge in [0, 0.05) is 31.9 Å². The molecule has 2 fully saturated rings. The second kappa shape index (κ2) is 8.53. The molecule has 4 nitrogen and oxygen atoms in total. The van der Waals surface area contributed by atoms with E-state index in [9.17, 15) is 4.79 Å². The molecule has 0 bridgehead atoms. The minimum absolute atomic E-state index is 0.175. The number of amides is 1. The number of rotatable bonds is 3. The quantitative estimate of drug-likeness (QED) is 0.723. The zero-order chi connectivity index (χ0) is 19.4. The van der Waals surface area contributed by atoms with Crippen molar-refractivity contribution in [3.8, 4) is 0 Å². The standard InChI is InChI=1S/C23H36N2O2/c1-5-27-22(26)25-16-14-24(15-17-25)21-9-7-6-8-20(21)18-10-12-19(13-11-18)23(2,3)4/h6-9,18-19H,5,10-17H2,1-4H3. The zero-order valence-electron chi connectivity index (χ0n) is 17.5. The predicted molar refractivity (Wildman–Crippen MR) is 111 cm³/mol. The Kier molecular flexibility index (Phi) is 6.33. The molecule has 1 amide bonds. The molecule has 0 radical (unpaired) electrons. The minimum Gasteiger partial charge on any atom is -0.450 e. The third kappa shape index (κ3) is 4.77. The number of piperazine rings is 1. The van der Waals surface area contributed by atoms with Gasteiger partial charge in [0.15, 0.2) is 0 Å². The normalized spacial score (nSPS) is 24.0. The Hall–Kier alpha value is -1.71. The molecule has 1 saturated heterocycles. The van der Waals surface area contributed by atoms with Crippen molar-refractivity contribution in [3.63, 3.8) is 0 Å². The molecular formula is C23H36N2O2. The largest absolute Gasteiger partial charge is 0.450 e. The zero-order valence-corrected chi connectivity index (χ0v) is 17.5. The van der Waals surface area contributed by atoms with Gasteiger partial charge in [-0.1, -0.05) is 39.0 Å². The van der Waals surface area contributed by atoms with Gasteiger partial charge in [0.05, 0.1) is 6.61 Å². The summed E-state index contributed by atoms with van der Waals surface area (Å²) in [6.45, 7) is 12.7. The molecule has 1 aliphatic carbocycles. The van der Waals surface area contributed by atoms with Crippen LogP contribution in [0, 0.1) is 11.3 Å². The summed E-state index contributed by atoms with van der Waals surface area (Å²) in [5.41, 5.74) is 3.31. The Labute approximate surface area is 164 Å². The van der Waals surface area contributed by atoms with Gasteiger partial charge in [-0.3, -0.25) is 0 Å². The van der Waals surface area contributed by atoms with Crippen molar-refractivity contribution in [3.05, 3.63) is 29.8 Å². The first-order chi connectivity index (χ1) is 12.9. The summed E-state index contributed by atoms with van der Waals surface area (Å²) in [5, 5.41) is 0. The number of nitrogens with zero attached hydrogens (tertiary/aromatic N) is 2. The van der Waals surface area contributed by atoms with E-state index in [0.29, 0.717) is 17.9 Å². The predicted octanol–water partition coefficient (Wildman–Crippen LogP) is 5.29. The van der Waals surface area contributed by atoms with E-state index >= 15 is 0 Å². The van der Waals surface area contributed by atoms with Crippen molar-refractivity contribution in [2.75, 3.05) is 37.7 Å². The summed E-state index contributed by atoms with van der Waals surface area (Å²) in [7, 11) is 0. The SMILES string of the molecule is CCOC(=O)N1CCN(c2ccccc2C2CCC(C(C)(C)C)CC2)CC1. The Morgan fingerprint density at radius 1 is 1.04 bits per heavy atom. The molecule has 27 heavy (non-hydrogen) atoms. The highest BCUT2D eigenvalue weighted by Crippen LogP contribution is 2.45. The van der Waals surface area contributed by atoms with Gasteiger partial charge in [-0.25, -0.2) is 4.79 Å². The van der Waals surface area contributed by atoms with Crippen molar-refractivity contribution < 1.29 is 9.53 Å². The van der Waals surface area contributed by atoms with Gasteiger partial charge in [-0.15, -0.1) is 0 Å². The van der Waals surface area contributed by atoms with Crippen molar-refractivity contribution in [1.29, 1.82) is 0 Å². The molecule has 0 unspecified atom stereocenters. The fourth-order valence-electron chi connectivity index (χ4n) is 4.74. The number of carbonyl (C=O) groups is 1. The molecule has 1 heterocycles. The van der Waals surface area contributed by atoms with Crippen LogP contribution in [0.25, 0.3) is 0 Å². The smallest absolute Gasteiger partial charge is 0.409 e. The third-order valence-electron chi connectivity index (χ3n) is 6.47. The highest BCUT2D eigenvalue weighted by atomic mass is 16.6. The maximum Gasteiger partial charge on any atom is 0.409 e. The first kappa shape index (κ1) is 20.0. The van der Waals surface area contributed by atoms with Gasteiger partial charge in [0.1, 0.15) is 0 Å². The Morgan fingerprint density at radius 2 is 1.67 bits per heavy atom. The van der Waals surface area contributed by atoms with E-state index in [1.165, 1.54) is 36.9 Å². The van der Waals surface area contributed by atoms with Crippen LogP contribution in [0.15, 0.2) is 24.3 Å². The fraction of sp³-hybridized carbons (Fsp3) is 0.696. The number of benzene rings is 1. The minimum atomic E-state index is -0.175. The van der Waals surface area contributed by atoms with Crippen molar-refractivity contribution in [1.82, 2.24) is 4.90 Å². The molecule has 150 valence electrons. The number of hydrogen-bond donors (Lipinski definition) is 0. The van der Waals surface area contributed by atoms with Crippen LogP contribution in [0.2, 0.25) is 0 Å². The van der Waals surface area contributed by atoms with Crippen LogP contribution in [0.5, 0.6) is 0 Å². The van der Waals surface area contributed by atoms with Gasteiger partial charge in [-0.05, 0) is 61.5 Å². The van der Waals surface area contributed by atoms with E-state index in [-0.39, 0.29) is 6.09 Å². The summed E-state index contributed by atoms with van der Waals surface area (Å²) >= 11 is 0. The highest BCUT2D eigenvalue weighted by molar-refractivity contribution is 5.68. The average molecular weight is 373 g/mol. The number of carbonyl (C=O) groups excluding carboxylic acids is 1. The average Bonchev–Trinajstić information content (AvgIpc) is 2.68. The molecule has 1 saturated carbocycles. The molecule has 0 N–H and O–H groups in total. The maximum atomic E-state index is 12.0. The van der Waals surface area contributed by atoms with E-state index < -0.39 is 0 Å². The summed E-state index contributed by atoms with van der Waals surface area (Å²) in [6, 6.07) is 8.93. The maximum absolute atomic E-state index is 12.0. The van der Waals surface area contributed by atoms with Crippen LogP contribution in [0.3, 0.4) is 0 Å². The lowest BCUT2D eigenvalue weighted by Gasteiger charge is -2.40. The molecule has 2 aliphatic rings. The Morgan fingerprint density at radius 3 is 2.26 bits per heavy atom. The molecule has 1 aliphatic heterocycles. The summed E-state index contributed by atoms with van der Waals surface area (Å²) < 4.78 is 5.15. The molecule has 1 aromatic rings. The van der Waals surface area contributed by atoms with Gasteiger partial charge in [-0.2, -0.15) is 0 Å². The summed E-state index contributed by atoms with van der Waals surface area (Å²) in [5.74, 6) is 1.51. The van der Waals surface area contributed by atoms with Crippen molar-refractivity contribution >= 4 is 11.8 Å². The van der Waals surface area contributed by atoms with E-state index in [1.807, 2.05) is 11.8 Å². The Balaban J connectivity index is 1.65. The van der Waals surface area contributed by atoms with E-state index in [4.69, 9.17) is 4.74 Å². The van der Waals surface area contributed by atoms with Gasteiger partial charge in [0.25, 0.3) is 0 Å². The van der Waals surface area contributed by atoms with E-state index in [0.717, 1.165) is 32.1 Å². The third-order valence-corrected chi connectivity index (χ3v) is 6.47. The number of para-hydroxylation sites is 1. The van der Waals surface area contributed by atoms with Crippen LogP contribution in [-0.4, -0.2) is 43.8 Å². The van der Waals surface area contributed by atoms with Gasteiger partial charge < -0.3 is 14.5 Å². The monoisotopic (exact) mass is 372 g/mol. The molecule has 0 aromatic heterocycles. The van der Waals surface area contributed by atoms with Gasteiger partial charge in [0.2, 0.25) is 0 Å². The second-order valence-corrected chi connectivity index (χ2v) is 9.15. The second-order valence-electron chi connectivity index (χ2n) is 9.15. The van der Waals surface area contributed by atoms with Crippen LogP contribution in [0.4, 0.5) is 10.5 Å². The lowest BCUT2D eigenvalue weighted by molar-refractivity contribution is 0.105. The summed E-state index contributed by atoms with van der Waals surface area (Å²) in [4.78, 5) is 16.2. The van der Waals surface area contributed by atoms with Gasteiger partial charge >= 0.3 is 6.09 Å². The molecule has 0 spiro atoms.